The summed E-state index contributed by atoms with van der Waals surface area (Å²) in [5.74, 6) is -0.710. The summed E-state index contributed by atoms with van der Waals surface area (Å²) in [7, 11) is 0. The molecule has 9 heteroatoms. The number of halogens is 1. The quantitative estimate of drug-likeness (QED) is 0.499. The molecule has 3 atom stereocenters. The van der Waals surface area contributed by atoms with Gasteiger partial charge in [-0.25, -0.2) is 0 Å². The van der Waals surface area contributed by atoms with Crippen molar-refractivity contribution in [1.29, 1.82) is 0 Å². The zero-order valence-electron chi connectivity index (χ0n) is 17.0. The normalized spacial score (nSPS) is 26.2. The van der Waals surface area contributed by atoms with Gasteiger partial charge in [-0.05, 0) is 18.6 Å². The number of fused-ring (bicyclic) bond motifs is 1. The smallest absolute Gasteiger partial charge is 0.319 e. The molecule has 0 N–H and O–H groups in total. The van der Waals surface area contributed by atoms with Crippen molar-refractivity contribution < 1.29 is 23.5 Å². The first-order valence-corrected chi connectivity index (χ1v) is 11.0. The Hall–Kier alpha value is -2.71. The fourth-order valence-electron chi connectivity index (χ4n) is 3.81. The molecule has 2 aliphatic heterocycles. The summed E-state index contributed by atoms with van der Waals surface area (Å²) in [6.45, 7) is 3.35. The third kappa shape index (κ3) is 3.74. The highest BCUT2D eigenvalue weighted by molar-refractivity contribution is 8.04. The number of amides is 2. The van der Waals surface area contributed by atoms with Crippen molar-refractivity contribution in [2.45, 2.75) is 31.9 Å². The van der Waals surface area contributed by atoms with Crippen LogP contribution in [0.3, 0.4) is 0 Å². The van der Waals surface area contributed by atoms with Gasteiger partial charge in [0.1, 0.15) is 23.4 Å². The molecule has 0 bridgehead atoms. The van der Waals surface area contributed by atoms with Crippen LogP contribution in [-0.2, 0) is 25.7 Å². The number of hydrogen-bond donors (Lipinski definition) is 0. The van der Waals surface area contributed by atoms with Crippen molar-refractivity contribution in [3.8, 4) is 0 Å². The van der Waals surface area contributed by atoms with Crippen molar-refractivity contribution in [1.82, 2.24) is 4.90 Å². The second kappa shape index (κ2) is 8.43. The maximum absolute atomic E-state index is 13.0. The van der Waals surface area contributed by atoms with E-state index in [1.807, 2.05) is 30.3 Å². The second-order valence-electron chi connectivity index (χ2n) is 7.63. The van der Waals surface area contributed by atoms with Crippen LogP contribution in [0, 0.1) is 5.41 Å². The van der Waals surface area contributed by atoms with Gasteiger partial charge in [0.25, 0.3) is 0 Å². The van der Waals surface area contributed by atoms with E-state index in [9.17, 15) is 14.4 Å². The average molecular weight is 461 g/mol. The SMILES string of the molecule is CC(=O)N(c1ccco1)C1C(=O)N2CC(C)(C(=O)OCc3ccccc3)C(=CCl)S[C@H]12. The van der Waals surface area contributed by atoms with Crippen molar-refractivity contribution in [2.75, 3.05) is 11.4 Å². The molecule has 1 aromatic carbocycles. The second-order valence-corrected chi connectivity index (χ2v) is 9.00. The predicted octanol–water partition coefficient (Wildman–Crippen LogP) is 3.75. The van der Waals surface area contributed by atoms with E-state index in [1.54, 1.807) is 24.0 Å². The van der Waals surface area contributed by atoms with Gasteiger partial charge in [-0.1, -0.05) is 41.9 Å². The molecule has 0 spiro atoms. The topological polar surface area (TPSA) is 80.1 Å². The summed E-state index contributed by atoms with van der Waals surface area (Å²) < 4.78 is 10.9. The maximum Gasteiger partial charge on any atom is 0.319 e. The Morgan fingerprint density at radius 2 is 2.06 bits per heavy atom. The number of esters is 1. The van der Waals surface area contributed by atoms with Crippen LogP contribution in [0.25, 0.3) is 0 Å². The molecule has 0 saturated carbocycles. The Bertz CT molecular complexity index is 1030. The molecule has 2 fully saturated rings. The Kier molecular flexibility index (Phi) is 5.85. The van der Waals surface area contributed by atoms with Gasteiger partial charge >= 0.3 is 5.97 Å². The molecule has 2 aromatic rings. The molecular weight excluding hydrogens is 440 g/mol. The molecule has 2 amide bonds. The first-order valence-electron chi connectivity index (χ1n) is 9.69. The molecule has 1 aromatic heterocycles. The zero-order chi connectivity index (χ0) is 22.2. The number of nitrogens with zero attached hydrogens (tertiary/aromatic N) is 2. The summed E-state index contributed by atoms with van der Waals surface area (Å²) in [5, 5.41) is -0.374. The van der Waals surface area contributed by atoms with Crippen molar-refractivity contribution >= 4 is 47.0 Å². The predicted molar refractivity (Wildman–Crippen MR) is 117 cm³/mol. The first kappa shape index (κ1) is 21.5. The van der Waals surface area contributed by atoms with Gasteiger partial charge in [0.2, 0.25) is 17.7 Å². The minimum absolute atomic E-state index is 0.121. The Labute approximate surface area is 189 Å². The van der Waals surface area contributed by atoms with E-state index in [4.69, 9.17) is 20.8 Å². The van der Waals surface area contributed by atoms with E-state index in [0.717, 1.165) is 5.56 Å². The van der Waals surface area contributed by atoms with E-state index >= 15 is 0 Å². The van der Waals surface area contributed by atoms with Crippen molar-refractivity contribution in [3.05, 3.63) is 64.7 Å². The lowest BCUT2D eigenvalue weighted by Crippen LogP contribution is -2.73. The van der Waals surface area contributed by atoms with Crippen LogP contribution in [0.2, 0.25) is 0 Å². The number of carbonyl (C=O) groups is 3. The molecule has 2 aliphatic rings. The summed E-state index contributed by atoms with van der Waals surface area (Å²) in [6.07, 6.45) is 1.45. The minimum atomic E-state index is -1.09. The fraction of sp³-hybridized carbons (Fsp3) is 0.318. The summed E-state index contributed by atoms with van der Waals surface area (Å²) in [4.78, 5) is 41.8. The lowest BCUT2D eigenvalue weighted by atomic mass is 9.87. The van der Waals surface area contributed by atoms with Crippen molar-refractivity contribution in [3.63, 3.8) is 0 Å². The summed E-state index contributed by atoms with van der Waals surface area (Å²) in [5.41, 5.74) is 1.13. The molecule has 2 saturated heterocycles. The molecular formula is C22H21ClN2O5S. The van der Waals surface area contributed by atoms with E-state index < -0.39 is 17.4 Å². The zero-order valence-corrected chi connectivity index (χ0v) is 18.6. The third-order valence-electron chi connectivity index (χ3n) is 5.51. The van der Waals surface area contributed by atoms with Gasteiger partial charge in [-0.15, -0.1) is 11.8 Å². The van der Waals surface area contributed by atoms with Gasteiger partial charge in [0.05, 0.1) is 6.26 Å². The fourth-order valence-corrected chi connectivity index (χ4v) is 5.59. The van der Waals surface area contributed by atoms with Crippen LogP contribution >= 0.6 is 23.4 Å². The molecule has 4 rings (SSSR count). The van der Waals surface area contributed by atoms with Gasteiger partial charge in [-0.3, -0.25) is 19.3 Å². The Morgan fingerprint density at radius 3 is 2.68 bits per heavy atom. The third-order valence-corrected chi connectivity index (χ3v) is 7.44. The van der Waals surface area contributed by atoms with E-state index in [1.165, 1.54) is 35.4 Å². The molecule has 31 heavy (non-hydrogen) atoms. The van der Waals surface area contributed by atoms with Crippen LogP contribution in [0.4, 0.5) is 5.88 Å². The van der Waals surface area contributed by atoms with Crippen LogP contribution in [0.15, 0.2) is 63.6 Å². The standard InChI is InChI=1S/C22H21ClN2O5S/c1-14(26)25(17-9-6-10-29-17)18-19(27)24-13-22(2,16(11-23)31-20(18)24)21(28)30-12-15-7-4-3-5-8-15/h3-11,18,20H,12-13H2,1-2H3/t18?,20-,22?/m1/s1. The highest BCUT2D eigenvalue weighted by Gasteiger charge is 2.60. The van der Waals surface area contributed by atoms with Crippen LogP contribution < -0.4 is 4.90 Å². The molecule has 3 heterocycles. The number of furan rings is 1. The number of thioether (sulfide) groups is 1. The van der Waals surface area contributed by atoms with Crippen LogP contribution in [0.1, 0.15) is 19.4 Å². The average Bonchev–Trinajstić information content (AvgIpc) is 3.30. The monoisotopic (exact) mass is 460 g/mol. The molecule has 162 valence electrons. The lowest BCUT2D eigenvalue weighted by molar-refractivity contribution is -0.160. The van der Waals surface area contributed by atoms with Gasteiger partial charge in [-0.2, -0.15) is 0 Å². The largest absolute Gasteiger partial charge is 0.460 e. The molecule has 0 aliphatic carbocycles. The number of anilines is 1. The number of rotatable bonds is 5. The summed E-state index contributed by atoms with van der Waals surface area (Å²) in [6, 6.07) is 11.9. The Morgan fingerprint density at radius 1 is 1.32 bits per heavy atom. The lowest BCUT2D eigenvalue weighted by Gasteiger charge is -2.55. The summed E-state index contributed by atoms with van der Waals surface area (Å²) >= 11 is 7.39. The van der Waals surface area contributed by atoms with Gasteiger partial charge in [0, 0.05) is 30.0 Å². The van der Waals surface area contributed by atoms with E-state index in [2.05, 4.69) is 0 Å². The van der Waals surface area contributed by atoms with Crippen molar-refractivity contribution in [2.24, 2.45) is 5.41 Å². The van der Waals surface area contributed by atoms with E-state index in [0.29, 0.717) is 10.8 Å². The highest BCUT2D eigenvalue weighted by Crippen LogP contribution is 2.52. The molecule has 2 unspecified atom stereocenters. The van der Waals surface area contributed by atoms with Crippen LogP contribution in [-0.4, -0.2) is 40.6 Å². The number of benzene rings is 1. The number of hydrogen-bond acceptors (Lipinski definition) is 6. The Balaban J connectivity index is 1.52. The number of β-lactam (4-membered cyclic amide) rings is 1. The highest BCUT2D eigenvalue weighted by atomic mass is 35.5. The first-order chi connectivity index (χ1) is 14.9. The number of carbonyl (C=O) groups excluding carboxylic acids is 3. The van der Waals surface area contributed by atoms with E-state index in [-0.39, 0.29) is 30.3 Å². The van der Waals surface area contributed by atoms with Gasteiger partial charge < -0.3 is 14.1 Å². The minimum Gasteiger partial charge on any atom is -0.460 e. The molecule has 0 radical (unpaired) electrons. The number of ether oxygens (including phenoxy) is 1. The maximum atomic E-state index is 13.0. The van der Waals surface area contributed by atoms with Crippen LogP contribution in [0.5, 0.6) is 0 Å². The van der Waals surface area contributed by atoms with Gasteiger partial charge in [0.15, 0.2) is 0 Å². The molecule has 7 nitrogen and oxygen atoms in total.